The third kappa shape index (κ3) is 4.51. The second-order valence-electron chi connectivity index (χ2n) is 9.07. The molecule has 0 bridgehead atoms. The van der Waals surface area contributed by atoms with Crippen molar-refractivity contribution in [3.05, 3.63) is 53.2 Å². The molecule has 2 rings (SSSR count). The molecule has 0 aliphatic rings. The smallest absolute Gasteiger partial charge is 0.201 e. The highest BCUT2D eigenvalue weighted by molar-refractivity contribution is 5.62. The van der Waals surface area contributed by atoms with Crippen LogP contribution >= 0.6 is 0 Å². The highest BCUT2D eigenvalue weighted by Gasteiger charge is 2.24. The first-order chi connectivity index (χ1) is 11.6. The van der Waals surface area contributed by atoms with Gasteiger partial charge in [0.25, 0.3) is 0 Å². The maximum atomic E-state index is 2.39. The first kappa shape index (κ1) is 19.7. The van der Waals surface area contributed by atoms with Gasteiger partial charge in [0.05, 0.1) is 0 Å². The fourth-order valence-electron chi connectivity index (χ4n) is 3.65. The predicted octanol–water partition coefficient (Wildman–Crippen LogP) is 6.15. The Labute approximate surface area is 155 Å². The Morgan fingerprint density at radius 3 is 2.04 bits per heavy atom. The van der Waals surface area contributed by atoms with E-state index in [0.29, 0.717) is 5.41 Å². The van der Waals surface area contributed by atoms with E-state index >= 15 is 0 Å². The van der Waals surface area contributed by atoms with E-state index in [1.807, 2.05) is 0 Å². The summed E-state index contributed by atoms with van der Waals surface area (Å²) in [5, 5.41) is 0. The van der Waals surface area contributed by atoms with E-state index in [1.165, 1.54) is 40.8 Å². The molecule has 0 atom stereocenters. The molecule has 0 aliphatic heterocycles. The van der Waals surface area contributed by atoms with Crippen molar-refractivity contribution in [2.45, 2.75) is 73.1 Å². The van der Waals surface area contributed by atoms with Crippen LogP contribution in [-0.2, 0) is 18.9 Å². The first-order valence-corrected chi connectivity index (χ1v) is 9.69. The summed E-state index contributed by atoms with van der Waals surface area (Å²) >= 11 is 0. The molecule has 0 saturated heterocycles. The van der Waals surface area contributed by atoms with E-state index in [0.717, 1.165) is 6.42 Å². The Morgan fingerprint density at radius 2 is 1.56 bits per heavy atom. The van der Waals surface area contributed by atoms with Crippen LogP contribution < -0.4 is 4.57 Å². The molecule has 136 valence electrons. The summed E-state index contributed by atoms with van der Waals surface area (Å²) in [6, 6.07) is 11.6. The van der Waals surface area contributed by atoms with Crippen molar-refractivity contribution in [3.63, 3.8) is 0 Å². The first-order valence-electron chi connectivity index (χ1n) is 9.69. The summed E-state index contributed by atoms with van der Waals surface area (Å²) < 4.78 is 2.28. The number of rotatable bonds is 5. The Morgan fingerprint density at radius 1 is 0.920 bits per heavy atom. The standard InChI is InChI=1S/C24H36N/c1-9-24(7,10-2)20-12-13-21(18(3)15-20)22-14-11-19(17-25(22)8)16-23(4,5)6/h11-15,17H,9-10,16H2,1-8H3/q+1. The number of hydrogen-bond donors (Lipinski definition) is 0. The van der Waals surface area contributed by atoms with Crippen LogP contribution in [0.4, 0.5) is 0 Å². The van der Waals surface area contributed by atoms with Crippen molar-refractivity contribution < 1.29 is 4.57 Å². The number of pyridine rings is 1. The minimum atomic E-state index is 0.280. The van der Waals surface area contributed by atoms with E-state index < -0.39 is 0 Å². The molecule has 0 unspecified atom stereocenters. The minimum absolute atomic E-state index is 0.280. The van der Waals surface area contributed by atoms with Crippen molar-refractivity contribution in [2.75, 3.05) is 0 Å². The van der Waals surface area contributed by atoms with Crippen molar-refractivity contribution in [1.29, 1.82) is 0 Å². The van der Waals surface area contributed by atoms with Gasteiger partial charge < -0.3 is 0 Å². The lowest BCUT2D eigenvalue weighted by molar-refractivity contribution is -0.660. The molecule has 0 fully saturated rings. The second kappa shape index (κ2) is 7.32. The quantitative estimate of drug-likeness (QED) is 0.575. The molecule has 1 nitrogen and oxygen atoms in total. The SMILES string of the molecule is CCC(C)(CC)c1ccc(-c2ccc(CC(C)(C)C)c[n+]2C)c(C)c1. The van der Waals surface area contributed by atoms with E-state index in [1.54, 1.807) is 0 Å². The number of benzene rings is 1. The van der Waals surface area contributed by atoms with Gasteiger partial charge in [0.15, 0.2) is 6.20 Å². The van der Waals surface area contributed by atoms with Gasteiger partial charge >= 0.3 is 0 Å². The maximum absolute atomic E-state index is 2.39. The molecule has 0 aliphatic carbocycles. The molecule has 0 radical (unpaired) electrons. The average molecular weight is 339 g/mol. The van der Waals surface area contributed by atoms with Gasteiger partial charge in [-0.3, -0.25) is 0 Å². The summed E-state index contributed by atoms with van der Waals surface area (Å²) in [5.74, 6) is 0. The molecule has 0 saturated carbocycles. The topological polar surface area (TPSA) is 3.88 Å². The molecule has 1 heteroatoms. The summed E-state index contributed by atoms with van der Waals surface area (Å²) in [6.07, 6.45) is 5.75. The highest BCUT2D eigenvalue weighted by Crippen LogP contribution is 2.33. The Bertz CT molecular complexity index is 730. The molecular formula is C24H36N+. The van der Waals surface area contributed by atoms with E-state index in [-0.39, 0.29) is 5.41 Å². The van der Waals surface area contributed by atoms with Crippen molar-refractivity contribution in [1.82, 2.24) is 0 Å². The number of hydrogen-bond acceptors (Lipinski definition) is 0. The van der Waals surface area contributed by atoms with Gasteiger partial charge in [0.1, 0.15) is 7.05 Å². The average Bonchev–Trinajstić information content (AvgIpc) is 2.53. The van der Waals surface area contributed by atoms with Crippen molar-refractivity contribution in [3.8, 4) is 11.3 Å². The Kier molecular flexibility index (Phi) is 5.76. The molecule has 2 aromatic rings. The molecule has 1 heterocycles. The molecule has 25 heavy (non-hydrogen) atoms. The van der Waals surface area contributed by atoms with E-state index in [4.69, 9.17) is 0 Å². The lowest BCUT2D eigenvalue weighted by Crippen LogP contribution is -2.32. The van der Waals surface area contributed by atoms with Gasteiger partial charge in [-0.05, 0) is 60.3 Å². The summed E-state index contributed by atoms with van der Waals surface area (Å²) in [6.45, 7) is 16.1. The largest absolute Gasteiger partial charge is 0.212 e. The lowest BCUT2D eigenvalue weighted by Gasteiger charge is -2.28. The fraction of sp³-hybridized carbons (Fsp3) is 0.542. The second-order valence-corrected chi connectivity index (χ2v) is 9.07. The molecule has 1 aromatic heterocycles. The summed E-state index contributed by atoms with van der Waals surface area (Å²) in [5.41, 5.74) is 7.45. The van der Waals surface area contributed by atoms with Gasteiger partial charge in [-0.15, -0.1) is 0 Å². The van der Waals surface area contributed by atoms with Crippen LogP contribution in [0, 0.1) is 12.3 Å². The van der Waals surface area contributed by atoms with Crippen LogP contribution in [0.3, 0.4) is 0 Å². The highest BCUT2D eigenvalue weighted by atomic mass is 14.9. The lowest BCUT2D eigenvalue weighted by atomic mass is 9.77. The molecule has 0 N–H and O–H groups in total. The number of aromatic nitrogens is 1. The fourth-order valence-corrected chi connectivity index (χ4v) is 3.65. The Balaban J connectivity index is 2.39. The zero-order valence-corrected chi connectivity index (χ0v) is 17.5. The predicted molar refractivity (Wildman–Crippen MR) is 109 cm³/mol. The zero-order valence-electron chi connectivity index (χ0n) is 17.5. The summed E-state index contributed by atoms with van der Waals surface area (Å²) in [4.78, 5) is 0. The minimum Gasteiger partial charge on any atom is -0.201 e. The van der Waals surface area contributed by atoms with Gasteiger partial charge in [-0.25, -0.2) is 4.57 Å². The number of aryl methyl sites for hydroxylation is 2. The van der Waals surface area contributed by atoms with E-state index in [9.17, 15) is 0 Å². The van der Waals surface area contributed by atoms with Gasteiger partial charge in [0, 0.05) is 17.2 Å². The molecule has 0 amide bonds. The maximum Gasteiger partial charge on any atom is 0.212 e. The van der Waals surface area contributed by atoms with Gasteiger partial charge in [-0.1, -0.05) is 53.7 Å². The molecule has 0 spiro atoms. The van der Waals surface area contributed by atoms with Crippen LogP contribution in [0.5, 0.6) is 0 Å². The van der Waals surface area contributed by atoms with Crippen LogP contribution in [0.1, 0.15) is 71.1 Å². The number of nitrogens with zero attached hydrogens (tertiary/aromatic N) is 1. The third-order valence-electron chi connectivity index (χ3n) is 5.69. The van der Waals surface area contributed by atoms with Crippen LogP contribution in [0.2, 0.25) is 0 Å². The van der Waals surface area contributed by atoms with E-state index in [2.05, 4.69) is 96.6 Å². The van der Waals surface area contributed by atoms with Crippen molar-refractivity contribution in [2.24, 2.45) is 12.5 Å². The third-order valence-corrected chi connectivity index (χ3v) is 5.69. The van der Waals surface area contributed by atoms with Crippen LogP contribution in [0.25, 0.3) is 11.3 Å². The van der Waals surface area contributed by atoms with Crippen LogP contribution in [0.15, 0.2) is 36.5 Å². The monoisotopic (exact) mass is 338 g/mol. The van der Waals surface area contributed by atoms with Crippen LogP contribution in [-0.4, -0.2) is 0 Å². The normalized spacial score (nSPS) is 12.5. The van der Waals surface area contributed by atoms with Gasteiger partial charge in [0.2, 0.25) is 5.69 Å². The Hall–Kier alpha value is -1.63. The van der Waals surface area contributed by atoms with Gasteiger partial charge in [-0.2, -0.15) is 0 Å². The zero-order chi connectivity index (χ0) is 18.8. The van der Waals surface area contributed by atoms with Crippen molar-refractivity contribution >= 4 is 0 Å². The molecular weight excluding hydrogens is 302 g/mol. The molecule has 1 aromatic carbocycles. The summed E-state index contributed by atoms with van der Waals surface area (Å²) in [7, 11) is 2.16.